The van der Waals surface area contributed by atoms with Crippen molar-refractivity contribution in [2.45, 2.75) is 103 Å². The molecule has 0 radical (unpaired) electrons. The van der Waals surface area contributed by atoms with Gasteiger partial charge in [-0.15, -0.1) is 4.72 Å². The van der Waals surface area contributed by atoms with Crippen molar-refractivity contribution in [3.8, 4) is 0 Å². The summed E-state index contributed by atoms with van der Waals surface area (Å²) in [6, 6.07) is 5.44. The lowest BCUT2D eigenvalue weighted by Crippen LogP contribution is -2.45. The van der Waals surface area contributed by atoms with Gasteiger partial charge in [0.15, 0.2) is 0 Å². The highest BCUT2D eigenvalue weighted by Gasteiger charge is 2.50. The Morgan fingerprint density at radius 2 is 1.78 bits per heavy atom. The van der Waals surface area contributed by atoms with Crippen LogP contribution >= 0.6 is 0 Å². The van der Waals surface area contributed by atoms with Crippen LogP contribution in [-0.2, 0) is 22.8 Å². The number of benzene rings is 1. The molecular weight excluding hydrogens is 505 g/mol. The minimum absolute atomic E-state index is 0.140. The second-order valence-electron chi connectivity index (χ2n) is 12.4. The van der Waals surface area contributed by atoms with Gasteiger partial charge in [0.25, 0.3) is 0 Å². The SMILES string of the molecule is C[C@@H](N)c1ccc2c(c1)nc([C@@H](CC(C)(C)C(F)(F)F)N[S+]([O-])C(C)(C)C)n2COCC[Si](C)(C)C. The molecule has 0 bridgehead atoms. The van der Waals surface area contributed by atoms with Crippen LogP contribution in [0.25, 0.3) is 11.0 Å². The van der Waals surface area contributed by atoms with E-state index >= 15 is 0 Å². The standard InChI is InChI=1S/C25H43F3N4O2SSi/c1-17(29)18-10-11-21-19(14-18)30-22(32(21)16-34-12-13-36(7,8)9)20(31-35(33)23(2,3)4)15-24(5,6)25(26,27)28/h10-11,14,17,20,31H,12-13,15-16,29H2,1-9H3/t17-,20-,35?/m1/s1. The molecular formula is C25H43F3N4O2SSi. The van der Waals surface area contributed by atoms with Crippen LogP contribution in [0, 0.1) is 5.41 Å². The van der Waals surface area contributed by atoms with Crippen molar-refractivity contribution in [2.24, 2.45) is 11.1 Å². The number of imidazole rings is 1. The molecule has 0 saturated heterocycles. The number of alkyl halides is 3. The molecule has 3 atom stereocenters. The molecule has 0 saturated carbocycles. The summed E-state index contributed by atoms with van der Waals surface area (Å²) in [4.78, 5) is 4.76. The zero-order valence-electron chi connectivity index (χ0n) is 23.0. The van der Waals surface area contributed by atoms with E-state index in [1.807, 2.05) is 25.1 Å². The number of aromatic nitrogens is 2. The van der Waals surface area contributed by atoms with E-state index < -0.39 is 41.8 Å². The van der Waals surface area contributed by atoms with Crippen LogP contribution < -0.4 is 10.5 Å². The predicted molar refractivity (Wildman–Crippen MR) is 145 cm³/mol. The van der Waals surface area contributed by atoms with E-state index in [9.17, 15) is 17.7 Å². The number of ether oxygens (including phenoxy) is 1. The van der Waals surface area contributed by atoms with Gasteiger partial charge in [0, 0.05) is 32.1 Å². The number of hydrogen-bond acceptors (Lipinski definition) is 5. The van der Waals surface area contributed by atoms with Gasteiger partial charge in [0.2, 0.25) is 0 Å². The number of nitrogens with one attached hydrogen (secondary N) is 1. The van der Waals surface area contributed by atoms with Crippen molar-refractivity contribution < 1.29 is 22.5 Å². The summed E-state index contributed by atoms with van der Waals surface area (Å²) in [6.07, 6.45) is -4.78. The van der Waals surface area contributed by atoms with Gasteiger partial charge in [-0.1, -0.05) is 39.6 Å². The molecule has 206 valence electrons. The maximum atomic E-state index is 13.9. The maximum absolute atomic E-state index is 13.9. The van der Waals surface area contributed by atoms with Crippen molar-refractivity contribution in [3.63, 3.8) is 0 Å². The Bertz CT molecular complexity index is 1010. The van der Waals surface area contributed by atoms with Crippen LogP contribution in [0.3, 0.4) is 0 Å². The van der Waals surface area contributed by atoms with Crippen molar-refractivity contribution in [3.05, 3.63) is 29.6 Å². The molecule has 1 unspecified atom stereocenters. The Morgan fingerprint density at radius 3 is 2.28 bits per heavy atom. The smallest absolute Gasteiger partial charge is 0.394 e. The number of rotatable bonds is 11. The van der Waals surface area contributed by atoms with Gasteiger partial charge in [-0.05, 0) is 57.9 Å². The van der Waals surface area contributed by atoms with Crippen LogP contribution in [0.15, 0.2) is 18.2 Å². The summed E-state index contributed by atoms with van der Waals surface area (Å²) in [5, 5.41) is 0. The third-order valence-corrected chi connectivity index (χ3v) is 9.46. The van der Waals surface area contributed by atoms with Crippen LogP contribution in [0.4, 0.5) is 13.2 Å². The predicted octanol–water partition coefficient (Wildman–Crippen LogP) is 6.44. The summed E-state index contributed by atoms with van der Waals surface area (Å²) >= 11 is -1.62. The average Bonchev–Trinajstić information content (AvgIpc) is 3.05. The van der Waals surface area contributed by atoms with Gasteiger partial charge in [-0.3, -0.25) is 0 Å². The summed E-state index contributed by atoms with van der Waals surface area (Å²) in [6.45, 7) is 17.0. The first-order valence-corrected chi connectivity index (χ1v) is 17.2. The fourth-order valence-electron chi connectivity index (χ4n) is 3.50. The number of hydrogen-bond donors (Lipinski definition) is 2. The van der Waals surface area contributed by atoms with Crippen molar-refractivity contribution in [1.82, 2.24) is 14.3 Å². The molecule has 3 N–H and O–H groups in total. The molecule has 0 aliphatic heterocycles. The van der Waals surface area contributed by atoms with E-state index in [4.69, 9.17) is 15.5 Å². The summed E-state index contributed by atoms with van der Waals surface area (Å²) in [5.41, 5.74) is 6.25. The fourth-order valence-corrected chi connectivity index (χ4v) is 5.06. The second-order valence-corrected chi connectivity index (χ2v) is 20.0. The molecule has 0 aliphatic carbocycles. The first kappa shape index (κ1) is 31.1. The molecule has 6 nitrogen and oxygen atoms in total. The van der Waals surface area contributed by atoms with Gasteiger partial charge in [-0.25, -0.2) is 4.98 Å². The summed E-state index contributed by atoms with van der Waals surface area (Å²) < 4.78 is 64.9. The van der Waals surface area contributed by atoms with Crippen molar-refractivity contribution >= 4 is 30.5 Å². The molecule has 0 fully saturated rings. The zero-order valence-corrected chi connectivity index (χ0v) is 24.9. The van der Waals surface area contributed by atoms with Gasteiger partial charge in [0.05, 0.1) is 16.4 Å². The molecule has 0 amide bonds. The van der Waals surface area contributed by atoms with Gasteiger partial charge in [0.1, 0.15) is 23.3 Å². The zero-order chi connectivity index (χ0) is 27.7. The Kier molecular flexibility index (Phi) is 9.79. The van der Waals surface area contributed by atoms with Crippen molar-refractivity contribution in [1.29, 1.82) is 0 Å². The number of halogens is 3. The topological polar surface area (TPSA) is 88.2 Å². The molecule has 1 heterocycles. The molecule has 1 aromatic heterocycles. The lowest BCUT2D eigenvalue weighted by Gasteiger charge is -2.34. The lowest BCUT2D eigenvalue weighted by atomic mass is 9.85. The first-order chi connectivity index (χ1) is 16.2. The number of nitrogens with zero attached hydrogens (tertiary/aromatic N) is 2. The number of fused-ring (bicyclic) bond motifs is 1. The molecule has 0 aliphatic rings. The summed E-state index contributed by atoms with van der Waals surface area (Å²) in [5.74, 6) is 0.370. The van der Waals surface area contributed by atoms with E-state index in [1.54, 1.807) is 25.3 Å². The highest BCUT2D eigenvalue weighted by Crippen LogP contribution is 2.44. The van der Waals surface area contributed by atoms with Crippen LogP contribution in [-0.4, -0.2) is 39.7 Å². The molecule has 11 heteroatoms. The van der Waals surface area contributed by atoms with E-state index in [1.165, 1.54) is 0 Å². The van der Waals surface area contributed by atoms with E-state index in [-0.39, 0.29) is 19.2 Å². The quantitative estimate of drug-likeness (QED) is 0.192. The highest BCUT2D eigenvalue weighted by molar-refractivity contribution is 7.90. The van der Waals surface area contributed by atoms with E-state index in [0.717, 1.165) is 31.0 Å². The van der Waals surface area contributed by atoms with Gasteiger partial charge < -0.3 is 19.6 Å². The lowest BCUT2D eigenvalue weighted by molar-refractivity contribution is -0.215. The Hall–Kier alpha value is -1.11. The largest absolute Gasteiger partial charge is 0.598 e. The van der Waals surface area contributed by atoms with Crippen LogP contribution in [0.5, 0.6) is 0 Å². The highest BCUT2D eigenvalue weighted by atomic mass is 32.2. The maximum Gasteiger partial charge on any atom is 0.394 e. The molecule has 0 spiro atoms. The number of nitrogens with two attached hydrogens (primary N) is 1. The second kappa shape index (κ2) is 11.3. The van der Waals surface area contributed by atoms with Gasteiger partial charge >= 0.3 is 6.18 Å². The van der Waals surface area contributed by atoms with E-state index in [2.05, 4.69) is 24.4 Å². The molecule has 1 aromatic carbocycles. The average molecular weight is 549 g/mol. The van der Waals surface area contributed by atoms with Crippen LogP contribution in [0.1, 0.15) is 71.4 Å². The van der Waals surface area contributed by atoms with E-state index in [0.29, 0.717) is 17.9 Å². The Morgan fingerprint density at radius 1 is 1.17 bits per heavy atom. The van der Waals surface area contributed by atoms with Gasteiger partial charge in [-0.2, -0.15) is 13.2 Å². The minimum atomic E-state index is -4.44. The molecule has 36 heavy (non-hydrogen) atoms. The Balaban J connectivity index is 2.59. The third kappa shape index (κ3) is 8.19. The normalized spacial score (nSPS) is 16.4. The summed E-state index contributed by atoms with van der Waals surface area (Å²) in [7, 11) is -1.33. The monoisotopic (exact) mass is 548 g/mol. The Labute approximate surface area is 217 Å². The fraction of sp³-hybridized carbons (Fsp3) is 0.720. The first-order valence-electron chi connectivity index (χ1n) is 12.3. The van der Waals surface area contributed by atoms with Crippen LogP contribution in [0.2, 0.25) is 25.7 Å². The third-order valence-electron chi connectivity index (χ3n) is 6.14. The molecule has 2 rings (SSSR count). The minimum Gasteiger partial charge on any atom is -0.598 e. The molecule has 2 aromatic rings. The van der Waals surface area contributed by atoms with Crippen molar-refractivity contribution in [2.75, 3.05) is 6.61 Å².